The van der Waals surface area contributed by atoms with E-state index in [-0.39, 0.29) is 23.8 Å². The van der Waals surface area contributed by atoms with E-state index in [0.717, 1.165) is 11.3 Å². The fourth-order valence-electron chi connectivity index (χ4n) is 3.05. The van der Waals surface area contributed by atoms with Gasteiger partial charge < -0.3 is 10.6 Å². The Labute approximate surface area is 140 Å². The number of nitrogens with zero attached hydrogens (tertiary/aromatic N) is 3. The minimum atomic E-state index is -0.371. The van der Waals surface area contributed by atoms with Crippen LogP contribution in [0.4, 0.5) is 5.69 Å². The summed E-state index contributed by atoms with van der Waals surface area (Å²) < 4.78 is 0. The third kappa shape index (κ3) is 3.03. The first kappa shape index (κ1) is 15.9. The van der Waals surface area contributed by atoms with Gasteiger partial charge in [-0.1, -0.05) is 18.2 Å². The number of benzene rings is 1. The van der Waals surface area contributed by atoms with E-state index in [1.807, 2.05) is 31.2 Å². The van der Waals surface area contributed by atoms with Gasteiger partial charge in [0, 0.05) is 30.2 Å². The zero-order valence-corrected chi connectivity index (χ0v) is 13.3. The van der Waals surface area contributed by atoms with Crippen molar-refractivity contribution in [1.29, 1.82) is 0 Å². The van der Waals surface area contributed by atoms with Crippen LogP contribution >= 0.6 is 0 Å². The van der Waals surface area contributed by atoms with Crippen molar-refractivity contribution in [2.24, 2.45) is 5.73 Å². The van der Waals surface area contributed by atoms with Crippen LogP contribution in [0.3, 0.4) is 0 Å². The van der Waals surface area contributed by atoms with Crippen molar-refractivity contribution in [3.05, 3.63) is 60.2 Å². The molecule has 1 aromatic heterocycles. The smallest absolute Gasteiger partial charge is 0.251 e. The van der Waals surface area contributed by atoms with Gasteiger partial charge in [-0.25, -0.2) is 0 Å². The Morgan fingerprint density at radius 2 is 2.08 bits per heavy atom. The molecule has 1 aliphatic rings. The van der Waals surface area contributed by atoms with E-state index >= 15 is 0 Å². The minimum Gasteiger partial charge on any atom is -0.369 e. The van der Waals surface area contributed by atoms with Crippen molar-refractivity contribution in [2.75, 3.05) is 4.90 Å². The number of hydrogen-bond acceptors (Lipinski definition) is 4. The summed E-state index contributed by atoms with van der Waals surface area (Å²) in [7, 11) is 0. The van der Waals surface area contributed by atoms with Crippen molar-refractivity contribution >= 4 is 23.6 Å². The number of amides is 2. The molecule has 0 radical (unpaired) electrons. The normalized spacial score (nSPS) is 20.0. The molecule has 0 saturated carbocycles. The van der Waals surface area contributed by atoms with Gasteiger partial charge in [0.15, 0.2) is 0 Å². The predicted molar refractivity (Wildman–Crippen MR) is 91.0 cm³/mol. The maximum atomic E-state index is 12.7. The monoisotopic (exact) mass is 322 g/mol. The summed E-state index contributed by atoms with van der Waals surface area (Å²) >= 11 is 0. The van der Waals surface area contributed by atoms with Crippen molar-refractivity contribution in [3.8, 4) is 0 Å². The standard InChI is InChI=1S/C18H18N4O2/c1-12-10-15(18(19)24)14-4-2-3-5-16(14)22(12)17(23)7-6-13-11-20-8-9-21-13/h2-9,11-12,15H,10H2,1H3,(H2,19,24). The summed E-state index contributed by atoms with van der Waals surface area (Å²) in [5, 5.41) is 0. The van der Waals surface area contributed by atoms with Gasteiger partial charge in [0.05, 0.1) is 17.8 Å². The second-order valence-electron chi connectivity index (χ2n) is 5.77. The van der Waals surface area contributed by atoms with E-state index in [1.54, 1.807) is 29.6 Å². The highest BCUT2D eigenvalue weighted by Crippen LogP contribution is 2.38. The molecule has 0 aliphatic carbocycles. The number of carbonyl (C=O) groups is 2. The molecule has 2 atom stereocenters. The topological polar surface area (TPSA) is 89.2 Å². The molecule has 1 aliphatic heterocycles. The summed E-state index contributed by atoms with van der Waals surface area (Å²) in [6, 6.07) is 7.26. The third-order valence-corrected chi connectivity index (χ3v) is 4.15. The second-order valence-corrected chi connectivity index (χ2v) is 5.77. The van der Waals surface area contributed by atoms with Crippen LogP contribution < -0.4 is 10.6 Å². The van der Waals surface area contributed by atoms with Gasteiger partial charge in [0.1, 0.15) is 0 Å². The zero-order valence-electron chi connectivity index (χ0n) is 13.3. The molecule has 3 rings (SSSR count). The molecule has 6 heteroatoms. The van der Waals surface area contributed by atoms with E-state index in [4.69, 9.17) is 5.73 Å². The lowest BCUT2D eigenvalue weighted by Gasteiger charge is -2.37. The highest BCUT2D eigenvalue weighted by molar-refractivity contribution is 6.05. The number of fused-ring (bicyclic) bond motifs is 1. The molecule has 0 bridgehead atoms. The number of primary amides is 1. The molecular formula is C18H18N4O2. The lowest BCUT2D eigenvalue weighted by Crippen LogP contribution is -2.44. The Morgan fingerprint density at radius 1 is 1.29 bits per heavy atom. The van der Waals surface area contributed by atoms with Gasteiger partial charge in [0.2, 0.25) is 5.91 Å². The fourth-order valence-corrected chi connectivity index (χ4v) is 3.05. The molecule has 6 nitrogen and oxygen atoms in total. The number of nitrogens with two attached hydrogens (primary N) is 1. The molecule has 122 valence electrons. The van der Waals surface area contributed by atoms with Gasteiger partial charge in [-0.15, -0.1) is 0 Å². The van der Waals surface area contributed by atoms with Crippen molar-refractivity contribution < 1.29 is 9.59 Å². The second kappa shape index (κ2) is 6.62. The number of para-hydroxylation sites is 1. The molecule has 2 heterocycles. The van der Waals surface area contributed by atoms with Crippen molar-refractivity contribution in [2.45, 2.75) is 25.3 Å². The molecule has 0 saturated heterocycles. The summed E-state index contributed by atoms with van der Waals surface area (Å²) in [5.41, 5.74) is 7.67. The molecule has 0 fully saturated rings. The molecule has 2 unspecified atom stereocenters. The van der Waals surface area contributed by atoms with Crippen LogP contribution in [0.5, 0.6) is 0 Å². The Kier molecular flexibility index (Phi) is 4.37. The van der Waals surface area contributed by atoms with Gasteiger partial charge in [-0.2, -0.15) is 0 Å². The predicted octanol–water partition coefficient (Wildman–Crippen LogP) is 1.88. The molecule has 24 heavy (non-hydrogen) atoms. The summed E-state index contributed by atoms with van der Waals surface area (Å²) in [6.45, 7) is 1.92. The molecule has 1 aromatic carbocycles. The first-order valence-corrected chi connectivity index (χ1v) is 7.73. The van der Waals surface area contributed by atoms with E-state index in [9.17, 15) is 9.59 Å². The highest BCUT2D eigenvalue weighted by Gasteiger charge is 2.35. The molecular weight excluding hydrogens is 304 g/mol. The maximum Gasteiger partial charge on any atom is 0.251 e. The largest absolute Gasteiger partial charge is 0.369 e. The zero-order chi connectivity index (χ0) is 17.1. The molecule has 2 N–H and O–H groups in total. The lowest BCUT2D eigenvalue weighted by atomic mass is 9.85. The summed E-state index contributed by atoms with van der Waals surface area (Å²) in [5.74, 6) is -0.899. The van der Waals surface area contributed by atoms with E-state index in [1.165, 1.54) is 6.08 Å². The number of hydrogen-bond donors (Lipinski definition) is 1. The summed E-state index contributed by atoms with van der Waals surface area (Å²) in [4.78, 5) is 34.2. The van der Waals surface area contributed by atoms with E-state index < -0.39 is 0 Å². The SMILES string of the molecule is CC1CC(C(N)=O)c2ccccc2N1C(=O)C=Cc1cnccn1. The number of anilines is 1. The quantitative estimate of drug-likeness (QED) is 0.874. The van der Waals surface area contributed by atoms with Crippen molar-refractivity contribution in [3.63, 3.8) is 0 Å². The Bertz CT molecular complexity index is 789. The van der Waals surface area contributed by atoms with Crippen LogP contribution in [0.2, 0.25) is 0 Å². The fraction of sp³-hybridized carbons (Fsp3) is 0.222. The van der Waals surface area contributed by atoms with Crippen molar-refractivity contribution in [1.82, 2.24) is 9.97 Å². The Balaban J connectivity index is 1.92. The molecule has 2 aromatic rings. The molecule has 0 spiro atoms. The number of rotatable bonds is 3. The summed E-state index contributed by atoms with van der Waals surface area (Å²) in [6.07, 6.45) is 8.34. The van der Waals surface area contributed by atoms with Gasteiger partial charge in [0.25, 0.3) is 5.91 Å². The van der Waals surface area contributed by atoms with Crippen LogP contribution in [0.25, 0.3) is 6.08 Å². The van der Waals surface area contributed by atoms with Gasteiger partial charge in [-0.05, 0) is 31.1 Å². The van der Waals surface area contributed by atoms with E-state index in [0.29, 0.717) is 12.1 Å². The average Bonchev–Trinajstić information content (AvgIpc) is 2.59. The van der Waals surface area contributed by atoms with Crippen LogP contribution in [-0.2, 0) is 9.59 Å². The Morgan fingerprint density at radius 3 is 2.79 bits per heavy atom. The first-order chi connectivity index (χ1) is 11.6. The van der Waals surface area contributed by atoms with E-state index in [2.05, 4.69) is 9.97 Å². The third-order valence-electron chi connectivity index (χ3n) is 4.15. The number of carbonyl (C=O) groups excluding carboxylic acids is 2. The van der Waals surface area contributed by atoms with Gasteiger partial charge >= 0.3 is 0 Å². The lowest BCUT2D eigenvalue weighted by molar-refractivity contribution is -0.120. The van der Waals surface area contributed by atoms with Crippen LogP contribution in [0.15, 0.2) is 48.9 Å². The Hall–Kier alpha value is -3.02. The van der Waals surface area contributed by atoms with Crippen LogP contribution in [0, 0.1) is 0 Å². The first-order valence-electron chi connectivity index (χ1n) is 7.73. The number of aromatic nitrogens is 2. The van der Waals surface area contributed by atoms with Crippen LogP contribution in [0.1, 0.15) is 30.5 Å². The maximum absolute atomic E-state index is 12.7. The van der Waals surface area contributed by atoms with Crippen LogP contribution in [-0.4, -0.2) is 27.8 Å². The van der Waals surface area contributed by atoms with Gasteiger partial charge in [-0.3, -0.25) is 19.6 Å². The minimum absolute atomic E-state index is 0.128. The molecule has 2 amide bonds. The average molecular weight is 322 g/mol. The highest BCUT2D eigenvalue weighted by atomic mass is 16.2.